The number of hydrogen-bond donors (Lipinski definition) is 3. The minimum absolute atomic E-state index is 0.0934. The van der Waals surface area contributed by atoms with Gasteiger partial charge in [0.05, 0.1) is 23.4 Å². The summed E-state index contributed by atoms with van der Waals surface area (Å²) in [5.74, 6) is 0.557. The first-order chi connectivity index (χ1) is 15.4. The summed E-state index contributed by atoms with van der Waals surface area (Å²) >= 11 is 6.32. The second-order valence-electron chi connectivity index (χ2n) is 7.52. The van der Waals surface area contributed by atoms with E-state index in [1.807, 2.05) is 31.2 Å². The number of halogens is 1. The number of benzene rings is 2. The predicted molar refractivity (Wildman–Crippen MR) is 121 cm³/mol. The van der Waals surface area contributed by atoms with Crippen LogP contribution in [0.25, 0.3) is 11.3 Å². The molecule has 1 aliphatic rings. The van der Waals surface area contributed by atoms with Crippen LogP contribution in [0.4, 0.5) is 11.4 Å². The molecule has 0 bridgehead atoms. The van der Waals surface area contributed by atoms with Crippen molar-refractivity contribution in [3.8, 4) is 17.0 Å². The molecule has 1 amide bonds. The number of rotatable bonds is 5. The average molecular weight is 458 g/mol. The smallest absolute Gasteiger partial charge is 0.258 e. The first-order valence-corrected chi connectivity index (χ1v) is 10.5. The van der Waals surface area contributed by atoms with E-state index in [1.54, 1.807) is 18.1 Å². The monoisotopic (exact) mass is 457 g/mol. The second kappa shape index (κ2) is 9.17. The lowest BCUT2D eigenvalue weighted by molar-refractivity contribution is -0.991. The molecule has 0 radical (unpaired) electrons. The summed E-state index contributed by atoms with van der Waals surface area (Å²) in [6.45, 7) is 4.01. The van der Waals surface area contributed by atoms with Crippen LogP contribution >= 0.6 is 11.6 Å². The molecule has 1 aromatic heterocycles. The molecule has 0 spiro atoms. The summed E-state index contributed by atoms with van der Waals surface area (Å²) in [5, 5.41) is 26.9. The Balaban J connectivity index is 1.52. The van der Waals surface area contributed by atoms with Crippen molar-refractivity contribution in [3.63, 3.8) is 0 Å². The van der Waals surface area contributed by atoms with Crippen molar-refractivity contribution in [2.24, 2.45) is 0 Å². The number of amides is 1. The normalized spacial score (nSPS) is 15.0. The molecule has 3 aromatic rings. The van der Waals surface area contributed by atoms with E-state index in [-0.39, 0.29) is 11.6 Å². The molecule has 1 saturated heterocycles. The van der Waals surface area contributed by atoms with E-state index >= 15 is 0 Å². The molecule has 3 N–H and O–H groups in total. The standard InChI is InChI=1S/C22H24ClN5O4/c1-14-20(21(25-24-14)16-5-3-4-6-19(16)32-2)22(29)27-11-9-26(10-12-27)18-8-7-15(28(30)31)13-17(18)23/h3-8,13,28,30H,9-12H2,1-2H3,(H,24,25). The number of anilines is 1. The number of carbonyl (C=O) groups is 1. The fourth-order valence-corrected chi connectivity index (χ4v) is 4.23. The number of ether oxygens (including phenoxy) is 1. The van der Waals surface area contributed by atoms with Gasteiger partial charge in [-0.25, -0.2) is 5.21 Å². The number of piperazine rings is 1. The van der Waals surface area contributed by atoms with Gasteiger partial charge in [-0.2, -0.15) is 10.3 Å². The van der Waals surface area contributed by atoms with E-state index in [0.29, 0.717) is 53.9 Å². The number of quaternary nitrogens is 1. The van der Waals surface area contributed by atoms with E-state index in [4.69, 9.17) is 21.5 Å². The number of para-hydroxylation sites is 1. The first kappa shape index (κ1) is 22.1. The Hall–Kier alpha value is -3.11. The van der Waals surface area contributed by atoms with Gasteiger partial charge in [0, 0.05) is 49.6 Å². The van der Waals surface area contributed by atoms with Crippen LogP contribution in [0, 0.1) is 12.1 Å². The van der Waals surface area contributed by atoms with Crippen LogP contribution in [0.2, 0.25) is 5.02 Å². The summed E-state index contributed by atoms with van der Waals surface area (Å²) in [5.41, 5.74) is 3.47. The van der Waals surface area contributed by atoms with Crippen LogP contribution in [-0.4, -0.2) is 59.5 Å². The molecule has 1 aliphatic heterocycles. The van der Waals surface area contributed by atoms with Crippen molar-refractivity contribution in [1.29, 1.82) is 0 Å². The fourth-order valence-electron chi connectivity index (χ4n) is 3.93. The van der Waals surface area contributed by atoms with E-state index in [2.05, 4.69) is 15.1 Å². The van der Waals surface area contributed by atoms with Crippen molar-refractivity contribution in [2.75, 3.05) is 38.2 Å². The summed E-state index contributed by atoms with van der Waals surface area (Å²) in [6.07, 6.45) is 0. The third kappa shape index (κ3) is 4.15. The number of aromatic amines is 1. The number of aryl methyl sites for hydroxylation is 1. The quantitative estimate of drug-likeness (QED) is 0.508. The fraction of sp³-hybridized carbons (Fsp3) is 0.273. The highest BCUT2D eigenvalue weighted by Gasteiger charge is 2.29. The average Bonchev–Trinajstić information content (AvgIpc) is 3.19. The number of nitrogens with zero attached hydrogens (tertiary/aromatic N) is 3. The zero-order chi connectivity index (χ0) is 22.8. The third-order valence-corrected chi connectivity index (χ3v) is 5.93. The van der Waals surface area contributed by atoms with Gasteiger partial charge in [-0.3, -0.25) is 9.89 Å². The molecular weight excluding hydrogens is 434 g/mol. The number of hydrogen-bond acceptors (Lipinski definition) is 6. The highest BCUT2D eigenvalue weighted by atomic mass is 35.5. The van der Waals surface area contributed by atoms with Crippen molar-refractivity contribution < 1.29 is 20.0 Å². The highest BCUT2D eigenvalue weighted by Crippen LogP contribution is 2.33. The second-order valence-corrected chi connectivity index (χ2v) is 7.93. The maximum Gasteiger partial charge on any atom is 0.258 e. The van der Waals surface area contributed by atoms with E-state index < -0.39 is 5.23 Å². The maximum absolute atomic E-state index is 13.4. The molecule has 168 valence electrons. The van der Waals surface area contributed by atoms with Crippen molar-refractivity contribution in [1.82, 2.24) is 15.1 Å². The van der Waals surface area contributed by atoms with Crippen LogP contribution < -0.4 is 14.9 Å². The Morgan fingerprint density at radius 2 is 1.94 bits per heavy atom. The number of methoxy groups -OCH3 is 1. The topological polar surface area (TPSA) is 109 Å². The van der Waals surface area contributed by atoms with Crippen LogP contribution in [0.15, 0.2) is 42.5 Å². The summed E-state index contributed by atoms with van der Waals surface area (Å²) in [6, 6.07) is 12.2. The number of nitrogens with one attached hydrogen (secondary N) is 2. The van der Waals surface area contributed by atoms with Crippen molar-refractivity contribution in [2.45, 2.75) is 6.92 Å². The van der Waals surface area contributed by atoms with Gasteiger partial charge < -0.3 is 19.7 Å². The van der Waals surface area contributed by atoms with Crippen LogP contribution in [0.3, 0.4) is 0 Å². The predicted octanol–water partition coefficient (Wildman–Crippen LogP) is 2.41. The van der Waals surface area contributed by atoms with Gasteiger partial charge in [0.15, 0.2) is 5.69 Å². The summed E-state index contributed by atoms with van der Waals surface area (Å²) < 4.78 is 5.45. The number of H-pyrrole nitrogens is 1. The minimum Gasteiger partial charge on any atom is -0.595 e. The Kier molecular flexibility index (Phi) is 6.33. The van der Waals surface area contributed by atoms with Gasteiger partial charge >= 0.3 is 0 Å². The first-order valence-electron chi connectivity index (χ1n) is 10.2. The molecule has 2 aromatic carbocycles. The molecule has 1 atom stereocenters. The molecule has 2 heterocycles. The Bertz CT molecular complexity index is 1130. The zero-order valence-electron chi connectivity index (χ0n) is 17.8. The highest BCUT2D eigenvalue weighted by molar-refractivity contribution is 6.33. The maximum atomic E-state index is 13.4. The van der Waals surface area contributed by atoms with E-state index in [1.165, 1.54) is 12.1 Å². The van der Waals surface area contributed by atoms with E-state index in [9.17, 15) is 10.0 Å². The lowest BCUT2D eigenvalue weighted by atomic mass is 10.0. The minimum atomic E-state index is -1.02. The van der Waals surface area contributed by atoms with Crippen LogP contribution in [-0.2, 0) is 0 Å². The lowest BCUT2D eigenvalue weighted by Gasteiger charge is -2.36. The molecule has 32 heavy (non-hydrogen) atoms. The molecule has 9 nitrogen and oxygen atoms in total. The Morgan fingerprint density at radius 1 is 1.22 bits per heavy atom. The molecule has 0 aliphatic carbocycles. The molecule has 1 fully saturated rings. The van der Waals surface area contributed by atoms with Crippen LogP contribution in [0.1, 0.15) is 16.1 Å². The SMILES string of the molecule is COc1ccccc1-c1n[nH]c(C)c1C(=O)N1CCN(c2ccc([NH+]([O-])O)cc2Cl)CC1. The number of aromatic nitrogens is 2. The van der Waals surface area contributed by atoms with Gasteiger partial charge in [-0.15, -0.1) is 0 Å². The molecule has 10 heteroatoms. The Morgan fingerprint density at radius 3 is 2.59 bits per heavy atom. The molecule has 4 rings (SSSR count). The number of carbonyl (C=O) groups excluding carboxylic acids is 1. The largest absolute Gasteiger partial charge is 0.595 e. The van der Waals surface area contributed by atoms with Gasteiger partial charge in [-0.1, -0.05) is 23.7 Å². The van der Waals surface area contributed by atoms with Gasteiger partial charge in [0.2, 0.25) is 0 Å². The van der Waals surface area contributed by atoms with Crippen LogP contribution in [0.5, 0.6) is 5.75 Å². The Labute approximate surface area is 190 Å². The summed E-state index contributed by atoms with van der Waals surface area (Å²) in [7, 11) is 1.59. The van der Waals surface area contributed by atoms with Gasteiger partial charge in [0.1, 0.15) is 11.4 Å². The molecular formula is C22H24ClN5O4. The van der Waals surface area contributed by atoms with Crippen molar-refractivity contribution >= 4 is 28.9 Å². The molecule has 1 unspecified atom stereocenters. The lowest BCUT2D eigenvalue weighted by Crippen LogP contribution is -2.99. The van der Waals surface area contributed by atoms with Gasteiger partial charge in [0.25, 0.3) is 5.91 Å². The third-order valence-electron chi connectivity index (χ3n) is 5.63. The zero-order valence-corrected chi connectivity index (χ0v) is 18.5. The van der Waals surface area contributed by atoms with Crippen molar-refractivity contribution in [3.05, 3.63) is 64.0 Å². The van der Waals surface area contributed by atoms with E-state index in [0.717, 1.165) is 11.3 Å². The van der Waals surface area contributed by atoms with Gasteiger partial charge in [-0.05, 0) is 25.1 Å². The molecule has 0 saturated carbocycles. The summed E-state index contributed by atoms with van der Waals surface area (Å²) in [4.78, 5) is 17.3.